The van der Waals surface area contributed by atoms with Crippen LogP contribution in [0.25, 0.3) is 22.1 Å². The largest absolute Gasteiger partial charge is 0.496 e. The predicted molar refractivity (Wildman–Crippen MR) is 425 cm³/mol. The van der Waals surface area contributed by atoms with Crippen LogP contribution in [0.1, 0.15) is 105 Å². The van der Waals surface area contributed by atoms with Gasteiger partial charge in [-0.15, -0.1) is 5.10 Å². The van der Waals surface area contributed by atoms with E-state index in [1.807, 2.05) is 74.3 Å². The zero-order valence-corrected chi connectivity index (χ0v) is 66.9. The number of aliphatic hydroxyl groups is 3. The highest BCUT2D eigenvalue weighted by Gasteiger charge is 2.81. The Morgan fingerprint density at radius 2 is 1.74 bits per heavy atom. The first-order chi connectivity index (χ1) is 54.5. The lowest BCUT2D eigenvalue weighted by atomic mass is 9.47. The van der Waals surface area contributed by atoms with Crippen molar-refractivity contribution in [3.8, 4) is 5.75 Å². The number of amides is 3. The number of ether oxygens (including phenoxy) is 3. The lowest BCUT2D eigenvalue weighted by Gasteiger charge is -2.64. The van der Waals surface area contributed by atoms with Gasteiger partial charge in [-0.1, -0.05) is 77.1 Å². The van der Waals surface area contributed by atoms with Crippen molar-refractivity contribution in [2.45, 2.75) is 150 Å². The van der Waals surface area contributed by atoms with Crippen molar-refractivity contribution < 1.29 is 80.2 Å². The number of hydrogen-bond donors (Lipinski definition) is 14. The Balaban J connectivity index is 0.643. The number of nitrogens with zero attached hydrogens (tertiary/aromatic N) is 9. The topological polar surface area (TPSA) is 480 Å². The number of carbonyl (C=O) groups is 5. The van der Waals surface area contributed by atoms with Crippen LogP contribution in [0.4, 0.5) is 22.1 Å². The van der Waals surface area contributed by atoms with E-state index in [9.17, 15) is 52.8 Å². The number of carbonyl (C=O) groups excluding carboxylic acids is 4. The summed E-state index contributed by atoms with van der Waals surface area (Å²) in [4.78, 5) is 105. The smallest absolute Gasteiger partial charge is 0.421 e. The van der Waals surface area contributed by atoms with E-state index in [4.69, 9.17) is 24.5 Å². The number of nitrogen functional groups attached to an aromatic ring is 1. The third-order valence-electron chi connectivity index (χ3n) is 24.1. The van der Waals surface area contributed by atoms with E-state index in [1.165, 1.54) is 35.0 Å². The summed E-state index contributed by atoms with van der Waals surface area (Å²) in [6.07, 6.45) is 8.47. The molecule has 1 spiro atoms. The SMILES string of the molecule is CCC1(O)CC2CCN(CCc3c([nH]c4ccccc34)C(C(=O)OC)(c3cc4c(cc3OC)N(C)C3C(O)(CNNC(=O)OCCSSCC(NC(=O)C(Cc5cn(CCOS(=O)(=O)O)nn5)NC(=O)CCCNCc5ccc(NCc6cnc7nc(N)[nH]c(=O)c7n6)cc5)C(=O)O)C(O)C5(CC)C=CC[N+]6(C)CCC43C56)C2)C1. The summed E-state index contributed by atoms with van der Waals surface area (Å²) < 4.78 is 55.6. The quantitative estimate of drug-likeness (QED) is 0.00535. The fourth-order valence-corrected chi connectivity index (χ4v) is 21.3. The molecule has 3 fully saturated rings. The van der Waals surface area contributed by atoms with Crippen LogP contribution in [0.3, 0.4) is 0 Å². The van der Waals surface area contributed by atoms with Crippen molar-refractivity contribution in [3.63, 3.8) is 0 Å². The highest BCUT2D eigenvalue weighted by molar-refractivity contribution is 8.76. The molecule has 114 heavy (non-hydrogen) atoms. The lowest BCUT2D eigenvalue weighted by Crippen LogP contribution is -2.82. The van der Waals surface area contributed by atoms with Crippen molar-refractivity contribution in [1.82, 2.24) is 71.6 Å². The van der Waals surface area contributed by atoms with Crippen LogP contribution in [0, 0.1) is 11.3 Å². The number of aliphatic carboxylic acids is 1. The third-order valence-corrected chi connectivity index (χ3v) is 26.9. The van der Waals surface area contributed by atoms with Crippen LogP contribution in [-0.4, -0.2) is 253 Å². The number of aliphatic hydroxyl groups excluding tert-OH is 1. The Hall–Kier alpha value is -9.06. The summed E-state index contributed by atoms with van der Waals surface area (Å²) in [5.74, 6) is -3.00. The zero-order chi connectivity index (χ0) is 81.1. The van der Waals surface area contributed by atoms with E-state index in [-0.39, 0.29) is 85.4 Å². The molecular weight excluding hydrogens is 1530 g/mol. The number of esters is 1. The molecule has 7 aromatic rings. The molecule has 2 bridgehead atoms. The highest BCUT2D eigenvalue weighted by Crippen LogP contribution is 2.69. The first-order valence-corrected chi connectivity index (χ1v) is 42.2. The van der Waals surface area contributed by atoms with E-state index in [0.29, 0.717) is 111 Å². The summed E-state index contributed by atoms with van der Waals surface area (Å²) in [7, 11) is 4.65. The fourth-order valence-electron chi connectivity index (χ4n) is 19.1. The van der Waals surface area contributed by atoms with Crippen molar-refractivity contribution in [1.29, 1.82) is 0 Å². The summed E-state index contributed by atoms with van der Waals surface area (Å²) in [5, 5.41) is 70.6. The van der Waals surface area contributed by atoms with Gasteiger partial charge in [0.05, 0.1) is 94.1 Å². The molecule has 1 aliphatic carbocycles. The number of hydrogen-bond acceptors (Lipinski definition) is 28. The molecule has 3 amide bonds. The number of aromatic nitrogens is 8. The molecule has 38 heteroatoms. The number of carboxylic acid groups (broad SMARTS) is 1. The van der Waals surface area contributed by atoms with Gasteiger partial charge in [-0.3, -0.25) is 34.1 Å². The summed E-state index contributed by atoms with van der Waals surface area (Å²) >= 11 is 0. The zero-order valence-electron chi connectivity index (χ0n) is 64.5. The maximum absolute atomic E-state index is 15.8. The van der Waals surface area contributed by atoms with Crippen molar-refractivity contribution in [2.75, 3.05) is 115 Å². The molecule has 6 aliphatic rings. The number of methoxy groups -OCH3 is 2. The number of nitrogens with one attached hydrogen (secondary N) is 8. The maximum atomic E-state index is 15.8. The minimum Gasteiger partial charge on any atom is -0.496 e. The molecule has 9 heterocycles. The highest BCUT2D eigenvalue weighted by atomic mass is 33.1. The Labute approximate surface area is 666 Å². The minimum atomic E-state index is -4.75. The molecular formula is C76H101N18O17S3+. The van der Waals surface area contributed by atoms with E-state index in [2.05, 4.69) is 108 Å². The monoisotopic (exact) mass is 1630 g/mol. The normalized spacial score (nSPS) is 26.6. The number of carboxylic acids is 1. The van der Waals surface area contributed by atoms with E-state index in [1.54, 1.807) is 7.11 Å². The van der Waals surface area contributed by atoms with Gasteiger partial charge >= 0.3 is 28.4 Å². The standard InChI is InChI=1S/C76H100N18O17S3/c1-7-72(103)36-46-20-25-92(44-72)26-21-51-50-13-9-10-14-54(50)84-61(51)75(37-46,69(101)109-6)53-34-52-57(35-58(53)108-5)91(3)66-74(52)23-29-94(4)28-12-22-73(8-2,67(74)94)68(100)76(66,104)43-81-89-71(102)110-31-32-112-113-42-56(65(98)99)85-63(96)55(33-48-41-93(90-88-48)27-30-111-114(105,106)107)83-59(95)15-11-24-78-38-45-16-18-47(19-17-45)79-39-49-40-80-62-60(82-49)64(97)87-70(77)86-62/h9-10,12-14,16-19,22,34-35,40-41,46,55-56,66-68,78-79,84,100,103-104H,7-8,11,15,20-21,23-33,36-39,42-44H2,1-6H3,(H8-,77,80,81,82,83,85,86,87,88,89,90,95,96,97,98,99,102,105,106,107)/p+1. The van der Waals surface area contributed by atoms with Gasteiger partial charge in [-0.05, 0) is 111 Å². The number of H-pyrrole nitrogens is 2. The second-order valence-corrected chi connectivity index (χ2v) is 34.7. The Morgan fingerprint density at radius 3 is 2.49 bits per heavy atom. The van der Waals surface area contributed by atoms with Gasteiger partial charge in [0, 0.05) is 110 Å². The molecule has 35 nitrogen and oxygen atoms in total. The number of para-hydroxylation sites is 1. The van der Waals surface area contributed by atoms with Gasteiger partial charge in [0.15, 0.2) is 11.2 Å². The molecule has 1 saturated carbocycles. The van der Waals surface area contributed by atoms with Crippen LogP contribution in [0.5, 0.6) is 5.75 Å². The van der Waals surface area contributed by atoms with Gasteiger partial charge in [0.1, 0.15) is 47.6 Å². The van der Waals surface area contributed by atoms with Gasteiger partial charge < -0.3 is 80.9 Å². The Morgan fingerprint density at radius 1 is 0.939 bits per heavy atom. The third kappa shape index (κ3) is 16.6. The number of aromatic amines is 2. The van der Waals surface area contributed by atoms with E-state index < -0.39 is 104 Å². The number of rotatable bonds is 33. The number of anilines is 3. The average Bonchev–Trinajstić information content (AvgIpc) is 1.42. The maximum Gasteiger partial charge on any atom is 0.421 e. The van der Waals surface area contributed by atoms with Gasteiger partial charge in [-0.25, -0.2) is 33.8 Å². The molecule has 614 valence electrons. The average molecular weight is 1630 g/mol. The number of likely N-dealkylation sites (N-methyl/N-ethyl adjacent to an activating group) is 2. The molecule has 13 atom stereocenters. The number of benzene rings is 3. The summed E-state index contributed by atoms with van der Waals surface area (Å²) in [6, 6.07) is 15.8. The molecule has 15 N–H and O–H groups in total. The van der Waals surface area contributed by atoms with E-state index in [0.717, 1.165) is 62.7 Å². The van der Waals surface area contributed by atoms with Crippen LogP contribution in [0.15, 0.2) is 90.0 Å². The number of hydrazine groups is 1. The van der Waals surface area contributed by atoms with Crippen molar-refractivity contribution in [3.05, 3.63) is 135 Å². The molecule has 5 aliphatic heterocycles. The van der Waals surface area contributed by atoms with Gasteiger partial charge in [0.2, 0.25) is 17.8 Å². The van der Waals surface area contributed by atoms with E-state index >= 15 is 4.79 Å². The van der Waals surface area contributed by atoms with Gasteiger partial charge in [0.25, 0.3) is 5.56 Å². The molecule has 13 rings (SSSR count). The molecule has 4 aromatic heterocycles. The molecule has 13 unspecified atom stereocenters. The summed E-state index contributed by atoms with van der Waals surface area (Å²) in [5.41, 5.74) is 11.7. The van der Waals surface area contributed by atoms with Gasteiger partial charge in [-0.2, -0.15) is 13.4 Å². The Kier molecular flexibility index (Phi) is 24.7. The first-order valence-electron chi connectivity index (χ1n) is 38.3. The number of quaternary nitrogens is 1. The van der Waals surface area contributed by atoms with Crippen molar-refractivity contribution >= 4 is 101 Å². The van der Waals surface area contributed by atoms with Crippen molar-refractivity contribution in [2.24, 2.45) is 11.3 Å². The van der Waals surface area contributed by atoms with Crippen LogP contribution in [0.2, 0.25) is 0 Å². The fraction of sp³-hybridized carbons (Fsp3) is 0.539. The number of nitrogens with two attached hydrogens (primary N) is 1. The van der Waals surface area contributed by atoms with Crippen LogP contribution in [-0.2, 0) is 86.5 Å². The molecule has 0 radical (unpaired) electrons. The van der Waals surface area contributed by atoms with Crippen LogP contribution < -0.4 is 53.0 Å². The predicted octanol–water partition coefficient (Wildman–Crippen LogP) is 2.89. The first kappa shape index (κ1) is 82.9. The second-order valence-electron chi connectivity index (χ2n) is 31.0. The lowest BCUT2D eigenvalue weighted by molar-refractivity contribution is -0.928. The number of fused-ring (bicyclic) bond motifs is 8. The second kappa shape index (κ2) is 34.0. The summed E-state index contributed by atoms with van der Waals surface area (Å²) in [6.45, 7) is 7.30. The van der Waals surface area contributed by atoms with Crippen LogP contribution >= 0.6 is 21.6 Å². The molecule has 2 saturated heterocycles. The minimum absolute atomic E-state index is 0.0320. The molecule has 3 aromatic carbocycles. The Bertz CT molecular complexity index is 4940.